The summed E-state index contributed by atoms with van der Waals surface area (Å²) in [4.78, 5) is 4.18. The van der Waals surface area contributed by atoms with Gasteiger partial charge in [-0.3, -0.25) is 4.98 Å². The molecule has 0 amide bonds. The van der Waals surface area contributed by atoms with Crippen LogP contribution in [0.2, 0.25) is 0 Å². The maximum absolute atomic E-state index is 9.98. The third-order valence-corrected chi connectivity index (χ3v) is 2.96. The molecule has 1 unspecified atom stereocenters. The van der Waals surface area contributed by atoms with Gasteiger partial charge in [0, 0.05) is 17.5 Å². The number of aryl methyl sites for hydroxylation is 1. The van der Waals surface area contributed by atoms with Gasteiger partial charge in [0.2, 0.25) is 0 Å². The Hall–Kier alpha value is -0.890. The van der Waals surface area contributed by atoms with E-state index in [1.165, 1.54) is 6.42 Å². The number of hydrogen-bond acceptors (Lipinski definition) is 2. The molecule has 0 aliphatic heterocycles. The van der Waals surface area contributed by atoms with Crippen LogP contribution < -0.4 is 0 Å². The summed E-state index contributed by atoms with van der Waals surface area (Å²) in [6, 6.07) is 3.87. The van der Waals surface area contributed by atoms with Gasteiger partial charge in [0.05, 0.1) is 6.10 Å². The number of rotatable bonds is 2. The highest BCUT2D eigenvalue weighted by molar-refractivity contribution is 5.21. The number of aliphatic hydroxyl groups excluding tert-OH is 1. The number of hydrogen-bond donors (Lipinski definition) is 1. The Morgan fingerprint density at radius 1 is 1.54 bits per heavy atom. The summed E-state index contributed by atoms with van der Waals surface area (Å²) in [5, 5.41) is 9.98. The summed E-state index contributed by atoms with van der Waals surface area (Å²) < 4.78 is 0. The van der Waals surface area contributed by atoms with Gasteiger partial charge in [-0.1, -0.05) is 12.5 Å². The first kappa shape index (κ1) is 8.70. The lowest BCUT2D eigenvalue weighted by molar-refractivity contribution is 0.0613. The highest BCUT2D eigenvalue weighted by Gasteiger charge is 2.27. The van der Waals surface area contributed by atoms with Gasteiger partial charge in [0.15, 0.2) is 0 Å². The molecule has 0 aromatic carbocycles. The lowest BCUT2D eigenvalue weighted by Crippen LogP contribution is -2.20. The lowest BCUT2D eigenvalue weighted by Gasteiger charge is -2.30. The predicted molar refractivity (Wildman–Crippen MR) is 51.3 cm³/mol. The molecule has 0 radical (unpaired) electrons. The van der Waals surface area contributed by atoms with E-state index in [1.54, 1.807) is 6.20 Å². The monoisotopic (exact) mass is 177 g/mol. The summed E-state index contributed by atoms with van der Waals surface area (Å²) in [5.74, 6) is 0.475. The Kier molecular flexibility index (Phi) is 2.32. The molecule has 1 aliphatic rings. The SMILES string of the molecule is Cc1ncccc1C(O)C1CCC1. The van der Waals surface area contributed by atoms with Gasteiger partial charge in [-0.05, 0) is 31.7 Å². The van der Waals surface area contributed by atoms with Gasteiger partial charge in [-0.25, -0.2) is 0 Å². The molecule has 1 atom stereocenters. The Labute approximate surface area is 78.6 Å². The van der Waals surface area contributed by atoms with Crippen LogP contribution in [-0.2, 0) is 0 Å². The minimum absolute atomic E-state index is 0.289. The van der Waals surface area contributed by atoms with Crippen LogP contribution in [-0.4, -0.2) is 10.1 Å². The Morgan fingerprint density at radius 3 is 2.85 bits per heavy atom. The molecule has 1 aliphatic carbocycles. The van der Waals surface area contributed by atoms with E-state index in [4.69, 9.17) is 0 Å². The van der Waals surface area contributed by atoms with Crippen molar-refractivity contribution in [2.45, 2.75) is 32.3 Å². The highest BCUT2D eigenvalue weighted by Crippen LogP contribution is 2.37. The van der Waals surface area contributed by atoms with Gasteiger partial charge < -0.3 is 5.11 Å². The average Bonchev–Trinajstić information content (AvgIpc) is 2.01. The molecule has 70 valence electrons. The molecule has 1 aromatic heterocycles. The molecule has 0 saturated heterocycles. The van der Waals surface area contributed by atoms with E-state index >= 15 is 0 Å². The van der Waals surface area contributed by atoms with Gasteiger partial charge in [-0.2, -0.15) is 0 Å². The first-order chi connectivity index (χ1) is 6.29. The van der Waals surface area contributed by atoms with Crippen molar-refractivity contribution in [2.75, 3.05) is 0 Å². The first-order valence-corrected chi connectivity index (χ1v) is 4.88. The van der Waals surface area contributed by atoms with Crippen molar-refractivity contribution in [3.63, 3.8) is 0 Å². The molecule has 1 heterocycles. The fourth-order valence-corrected chi connectivity index (χ4v) is 1.82. The molecule has 2 heteroatoms. The Bertz CT molecular complexity index is 294. The smallest absolute Gasteiger partial charge is 0.0835 e. The van der Waals surface area contributed by atoms with Gasteiger partial charge in [0.1, 0.15) is 0 Å². The zero-order valence-electron chi connectivity index (χ0n) is 7.90. The summed E-state index contributed by atoms with van der Waals surface area (Å²) in [5.41, 5.74) is 1.97. The Balaban J connectivity index is 2.18. The van der Waals surface area contributed by atoms with Crippen LogP contribution in [0.1, 0.15) is 36.6 Å². The molecule has 0 bridgehead atoms. The van der Waals surface area contributed by atoms with Crippen LogP contribution in [0.3, 0.4) is 0 Å². The van der Waals surface area contributed by atoms with Crippen molar-refractivity contribution in [3.05, 3.63) is 29.6 Å². The highest BCUT2D eigenvalue weighted by atomic mass is 16.3. The Morgan fingerprint density at radius 2 is 2.31 bits per heavy atom. The normalized spacial score (nSPS) is 19.5. The molecule has 0 spiro atoms. The fourth-order valence-electron chi connectivity index (χ4n) is 1.82. The van der Waals surface area contributed by atoms with E-state index in [2.05, 4.69) is 4.98 Å². The maximum atomic E-state index is 9.98. The largest absolute Gasteiger partial charge is 0.388 e. The summed E-state index contributed by atoms with van der Waals surface area (Å²) in [6.45, 7) is 1.96. The molecule has 2 nitrogen and oxygen atoms in total. The molecule has 1 N–H and O–H groups in total. The van der Waals surface area contributed by atoms with Crippen molar-refractivity contribution in [1.82, 2.24) is 4.98 Å². The topological polar surface area (TPSA) is 33.1 Å². The van der Waals surface area contributed by atoms with E-state index in [-0.39, 0.29) is 6.10 Å². The van der Waals surface area contributed by atoms with Crippen LogP contribution >= 0.6 is 0 Å². The number of nitrogens with zero attached hydrogens (tertiary/aromatic N) is 1. The first-order valence-electron chi connectivity index (χ1n) is 4.88. The van der Waals surface area contributed by atoms with E-state index in [1.807, 2.05) is 19.1 Å². The van der Waals surface area contributed by atoms with Crippen LogP contribution in [0, 0.1) is 12.8 Å². The minimum atomic E-state index is -0.289. The maximum Gasteiger partial charge on any atom is 0.0835 e. The molecule has 13 heavy (non-hydrogen) atoms. The lowest BCUT2D eigenvalue weighted by atomic mass is 9.78. The molecular formula is C11H15NO. The quantitative estimate of drug-likeness (QED) is 0.751. The summed E-state index contributed by atoms with van der Waals surface area (Å²) in [6.07, 6.45) is 5.07. The van der Waals surface area contributed by atoms with E-state index in [0.717, 1.165) is 24.1 Å². The van der Waals surface area contributed by atoms with E-state index < -0.39 is 0 Å². The second-order valence-corrected chi connectivity index (χ2v) is 3.81. The fraction of sp³-hybridized carbons (Fsp3) is 0.545. The van der Waals surface area contributed by atoms with Crippen molar-refractivity contribution in [1.29, 1.82) is 0 Å². The minimum Gasteiger partial charge on any atom is -0.388 e. The van der Waals surface area contributed by atoms with Crippen LogP contribution in [0.4, 0.5) is 0 Å². The molecule has 1 saturated carbocycles. The third-order valence-electron chi connectivity index (χ3n) is 2.96. The van der Waals surface area contributed by atoms with Crippen LogP contribution in [0.5, 0.6) is 0 Å². The van der Waals surface area contributed by atoms with Crippen molar-refractivity contribution < 1.29 is 5.11 Å². The zero-order valence-corrected chi connectivity index (χ0v) is 7.90. The molecular weight excluding hydrogens is 162 g/mol. The van der Waals surface area contributed by atoms with Crippen LogP contribution in [0.15, 0.2) is 18.3 Å². The second-order valence-electron chi connectivity index (χ2n) is 3.81. The second kappa shape index (κ2) is 3.46. The predicted octanol–water partition coefficient (Wildman–Crippen LogP) is 2.22. The van der Waals surface area contributed by atoms with E-state index in [9.17, 15) is 5.11 Å². The van der Waals surface area contributed by atoms with Gasteiger partial charge in [0.25, 0.3) is 0 Å². The standard InChI is InChI=1S/C11H15NO/c1-8-10(6-3-7-12-8)11(13)9-4-2-5-9/h3,6-7,9,11,13H,2,4-5H2,1H3. The van der Waals surface area contributed by atoms with E-state index in [0.29, 0.717) is 5.92 Å². The summed E-state index contributed by atoms with van der Waals surface area (Å²) in [7, 11) is 0. The zero-order chi connectivity index (χ0) is 9.26. The van der Waals surface area contributed by atoms with Crippen molar-refractivity contribution in [3.8, 4) is 0 Å². The van der Waals surface area contributed by atoms with Crippen LogP contribution in [0.25, 0.3) is 0 Å². The number of aromatic nitrogens is 1. The molecule has 1 fully saturated rings. The van der Waals surface area contributed by atoms with Crippen molar-refractivity contribution in [2.24, 2.45) is 5.92 Å². The summed E-state index contributed by atoms with van der Waals surface area (Å²) >= 11 is 0. The third kappa shape index (κ3) is 1.59. The number of pyridine rings is 1. The van der Waals surface area contributed by atoms with Crippen molar-refractivity contribution >= 4 is 0 Å². The van der Waals surface area contributed by atoms with Gasteiger partial charge in [-0.15, -0.1) is 0 Å². The van der Waals surface area contributed by atoms with Gasteiger partial charge >= 0.3 is 0 Å². The molecule has 2 rings (SSSR count). The average molecular weight is 177 g/mol. The molecule has 1 aromatic rings. The number of aliphatic hydroxyl groups is 1.